The van der Waals surface area contributed by atoms with Crippen molar-refractivity contribution in [2.45, 2.75) is 0 Å². The molecular weight excluding hydrogens is 359 g/mol. The van der Waals surface area contributed by atoms with Gasteiger partial charge in [0.2, 0.25) is 4.96 Å². The zero-order valence-corrected chi connectivity index (χ0v) is 12.7. The van der Waals surface area contributed by atoms with Crippen LogP contribution in [0, 0.1) is 5.82 Å². The maximum Gasteiger partial charge on any atom is 0.235 e. The molecule has 3 heterocycles. The molecule has 1 N–H and O–H groups in total. The summed E-state index contributed by atoms with van der Waals surface area (Å²) in [5, 5.41) is 20.0. The number of fused-ring (bicyclic) bond motifs is 1. The number of hydrogen-bond donors (Lipinski definition) is 1. The van der Waals surface area contributed by atoms with Gasteiger partial charge < -0.3 is 0 Å². The zero-order chi connectivity index (χ0) is 14.4. The number of H-pyrrole nitrogens is 1. The van der Waals surface area contributed by atoms with E-state index in [-0.39, 0.29) is 5.82 Å². The van der Waals surface area contributed by atoms with Gasteiger partial charge in [-0.2, -0.15) is 14.7 Å². The van der Waals surface area contributed by atoms with Crippen molar-refractivity contribution >= 4 is 32.2 Å². The number of aromatic nitrogens is 6. The van der Waals surface area contributed by atoms with Crippen molar-refractivity contribution in [2.75, 3.05) is 0 Å². The third kappa shape index (κ3) is 1.96. The number of benzene rings is 1. The second-order valence-electron chi connectivity index (χ2n) is 4.20. The molecule has 0 aliphatic heterocycles. The lowest BCUT2D eigenvalue weighted by Crippen LogP contribution is -1.93. The van der Waals surface area contributed by atoms with Crippen LogP contribution in [0.4, 0.5) is 4.39 Å². The SMILES string of the molecule is Fc1ccccc1-c1nnc2sc(-c3[nH]ncc3Br)nn12. The second kappa shape index (κ2) is 4.71. The molecule has 0 aliphatic rings. The summed E-state index contributed by atoms with van der Waals surface area (Å²) in [6.07, 6.45) is 1.65. The van der Waals surface area contributed by atoms with Crippen LogP contribution in [0.15, 0.2) is 34.9 Å². The number of hydrogen-bond acceptors (Lipinski definition) is 5. The molecule has 9 heteroatoms. The molecule has 21 heavy (non-hydrogen) atoms. The first-order valence-corrected chi connectivity index (χ1v) is 7.51. The molecule has 6 nitrogen and oxygen atoms in total. The van der Waals surface area contributed by atoms with Gasteiger partial charge in [-0.25, -0.2) is 4.39 Å². The third-order valence-electron chi connectivity index (χ3n) is 2.91. The van der Waals surface area contributed by atoms with Crippen LogP contribution < -0.4 is 0 Å². The van der Waals surface area contributed by atoms with Crippen molar-refractivity contribution in [1.29, 1.82) is 0 Å². The van der Waals surface area contributed by atoms with Gasteiger partial charge in [-0.15, -0.1) is 10.2 Å². The first kappa shape index (κ1) is 12.6. The first-order chi connectivity index (χ1) is 10.2. The molecule has 0 bridgehead atoms. The summed E-state index contributed by atoms with van der Waals surface area (Å²) in [6.45, 7) is 0. The molecule has 0 spiro atoms. The van der Waals surface area contributed by atoms with Gasteiger partial charge in [-0.3, -0.25) is 5.10 Å². The van der Waals surface area contributed by atoms with E-state index < -0.39 is 0 Å². The third-order valence-corrected chi connectivity index (χ3v) is 4.43. The topological polar surface area (TPSA) is 71.8 Å². The fourth-order valence-corrected chi connectivity index (χ4v) is 3.31. The molecule has 3 aromatic heterocycles. The van der Waals surface area contributed by atoms with E-state index in [0.29, 0.717) is 21.4 Å². The number of aromatic amines is 1. The molecule has 104 valence electrons. The maximum atomic E-state index is 13.9. The van der Waals surface area contributed by atoms with Crippen LogP contribution in [-0.2, 0) is 0 Å². The van der Waals surface area contributed by atoms with Gasteiger partial charge in [0.05, 0.1) is 16.2 Å². The molecule has 0 radical (unpaired) electrons. The molecule has 4 rings (SSSR count). The van der Waals surface area contributed by atoms with Crippen molar-refractivity contribution in [2.24, 2.45) is 0 Å². The molecule has 0 saturated carbocycles. The van der Waals surface area contributed by atoms with E-state index >= 15 is 0 Å². The maximum absolute atomic E-state index is 13.9. The molecule has 0 atom stereocenters. The Morgan fingerprint density at radius 3 is 2.86 bits per heavy atom. The monoisotopic (exact) mass is 364 g/mol. The van der Waals surface area contributed by atoms with Gasteiger partial charge in [0, 0.05) is 0 Å². The summed E-state index contributed by atoms with van der Waals surface area (Å²) in [6, 6.07) is 6.41. The highest BCUT2D eigenvalue weighted by Crippen LogP contribution is 2.31. The number of halogens is 2. The van der Waals surface area contributed by atoms with Crippen molar-refractivity contribution in [1.82, 2.24) is 30.0 Å². The number of nitrogens with zero attached hydrogens (tertiary/aromatic N) is 5. The minimum Gasteiger partial charge on any atom is -0.274 e. The highest BCUT2D eigenvalue weighted by Gasteiger charge is 2.18. The van der Waals surface area contributed by atoms with E-state index in [1.807, 2.05) is 0 Å². The van der Waals surface area contributed by atoms with Crippen LogP contribution in [-0.4, -0.2) is 30.0 Å². The lowest BCUT2D eigenvalue weighted by atomic mass is 10.2. The minimum atomic E-state index is -0.357. The molecule has 0 amide bonds. The van der Waals surface area contributed by atoms with Gasteiger partial charge in [0.1, 0.15) is 11.5 Å². The van der Waals surface area contributed by atoms with E-state index in [4.69, 9.17) is 0 Å². The summed E-state index contributed by atoms with van der Waals surface area (Å²) in [4.78, 5) is 0.588. The van der Waals surface area contributed by atoms with Crippen LogP contribution in [0.1, 0.15) is 0 Å². The number of rotatable bonds is 2. The highest BCUT2D eigenvalue weighted by atomic mass is 79.9. The summed E-state index contributed by atoms with van der Waals surface area (Å²) in [7, 11) is 0. The van der Waals surface area contributed by atoms with E-state index in [1.165, 1.54) is 21.9 Å². The Bertz CT molecular complexity index is 942. The largest absolute Gasteiger partial charge is 0.274 e. The average Bonchev–Trinajstić information content (AvgIpc) is 3.14. The van der Waals surface area contributed by atoms with Gasteiger partial charge in [0.25, 0.3) is 0 Å². The normalized spacial score (nSPS) is 11.3. The molecule has 0 saturated heterocycles. The van der Waals surface area contributed by atoms with Crippen molar-refractivity contribution in [3.63, 3.8) is 0 Å². The molecule has 0 unspecified atom stereocenters. The fourth-order valence-electron chi connectivity index (χ4n) is 1.95. The number of nitrogens with one attached hydrogen (secondary N) is 1. The fraction of sp³-hybridized carbons (Fsp3) is 0. The molecule has 1 aromatic carbocycles. The van der Waals surface area contributed by atoms with Crippen LogP contribution in [0.5, 0.6) is 0 Å². The van der Waals surface area contributed by atoms with Crippen molar-refractivity contribution < 1.29 is 4.39 Å². The molecule has 0 fully saturated rings. The van der Waals surface area contributed by atoms with Crippen LogP contribution >= 0.6 is 27.3 Å². The van der Waals surface area contributed by atoms with E-state index in [2.05, 4.69) is 41.4 Å². The van der Waals surface area contributed by atoms with E-state index in [0.717, 1.165) is 10.2 Å². The average molecular weight is 365 g/mol. The standard InChI is InChI=1S/C12H6BrFN6S/c13-7-5-15-16-9(7)11-19-20-10(17-18-12(20)21-11)6-3-1-2-4-8(6)14/h1-5H,(H,15,16). The molecule has 4 aromatic rings. The lowest BCUT2D eigenvalue weighted by molar-refractivity contribution is 0.629. The summed E-state index contributed by atoms with van der Waals surface area (Å²) < 4.78 is 16.2. The lowest BCUT2D eigenvalue weighted by Gasteiger charge is -1.98. The van der Waals surface area contributed by atoms with E-state index in [1.54, 1.807) is 24.4 Å². The predicted octanol–water partition coefficient (Wildman–Crippen LogP) is 3.14. The zero-order valence-electron chi connectivity index (χ0n) is 10.3. The van der Waals surface area contributed by atoms with Crippen LogP contribution in [0.3, 0.4) is 0 Å². The molecular formula is C12H6BrFN6S. The van der Waals surface area contributed by atoms with Gasteiger partial charge in [0.15, 0.2) is 10.8 Å². The molecule has 0 aliphatic carbocycles. The van der Waals surface area contributed by atoms with Gasteiger partial charge >= 0.3 is 0 Å². The van der Waals surface area contributed by atoms with Crippen LogP contribution in [0.25, 0.3) is 27.1 Å². The summed E-state index contributed by atoms with van der Waals surface area (Å²) in [5.41, 5.74) is 1.12. The quantitative estimate of drug-likeness (QED) is 0.592. The Labute approximate surface area is 129 Å². The van der Waals surface area contributed by atoms with Gasteiger partial charge in [-0.05, 0) is 28.1 Å². The van der Waals surface area contributed by atoms with Crippen LogP contribution in [0.2, 0.25) is 0 Å². The Hall–Kier alpha value is -2.13. The highest BCUT2D eigenvalue weighted by molar-refractivity contribution is 9.10. The summed E-state index contributed by atoms with van der Waals surface area (Å²) >= 11 is 4.74. The minimum absolute atomic E-state index is 0.357. The van der Waals surface area contributed by atoms with E-state index in [9.17, 15) is 4.39 Å². The predicted molar refractivity (Wildman–Crippen MR) is 79.3 cm³/mol. The van der Waals surface area contributed by atoms with Crippen molar-refractivity contribution in [3.05, 3.63) is 40.8 Å². The summed E-state index contributed by atoms with van der Waals surface area (Å²) in [5.74, 6) is 0.0188. The smallest absolute Gasteiger partial charge is 0.235 e. The Morgan fingerprint density at radius 1 is 1.24 bits per heavy atom. The van der Waals surface area contributed by atoms with Crippen molar-refractivity contribution in [3.8, 4) is 22.1 Å². The Kier molecular flexibility index (Phi) is 2.82. The second-order valence-corrected chi connectivity index (χ2v) is 6.01. The first-order valence-electron chi connectivity index (χ1n) is 5.90. The van der Waals surface area contributed by atoms with Gasteiger partial charge in [-0.1, -0.05) is 23.5 Å². The Balaban J connectivity index is 1.91. The Morgan fingerprint density at radius 2 is 2.10 bits per heavy atom.